The summed E-state index contributed by atoms with van der Waals surface area (Å²) in [6, 6.07) is 3.09. The van der Waals surface area contributed by atoms with Gasteiger partial charge in [0.2, 0.25) is 0 Å². The van der Waals surface area contributed by atoms with Crippen molar-refractivity contribution in [2.24, 2.45) is 5.73 Å². The summed E-state index contributed by atoms with van der Waals surface area (Å²) in [6.45, 7) is 5.92. The maximum Gasteiger partial charge on any atom is 0.128 e. The molecule has 1 aliphatic heterocycles. The molecule has 1 aromatic carbocycles. The minimum Gasteiger partial charge on any atom is -0.376 e. The Bertz CT molecular complexity index is 441. The molecule has 1 saturated heterocycles. The Morgan fingerprint density at radius 1 is 1.42 bits per heavy atom. The molecular weight excluding hydrogens is 250 g/mol. The number of halogens is 2. The first-order chi connectivity index (χ1) is 8.97. The van der Waals surface area contributed by atoms with E-state index in [0.717, 1.165) is 18.7 Å². The molecule has 3 atom stereocenters. The number of hydrogen-bond donors (Lipinski definition) is 1. The summed E-state index contributed by atoms with van der Waals surface area (Å²) in [7, 11) is 0. The molecule has 0 aliphatic carbocycles. The van der Waals surface area contributed by atoms with Crippen LogP contribution in [0.5, 0.6) is 0 Å². The molecule has 2 rings (SSSR count). The Morgan fingerprint density at radius 3 is 2.89 bits per heavy atom. The molecule has 0 aromatic heterocycles. The third-order valence-electron chi connectivity index (χ3n) is 3.53. The van der Waals surface area contributed by atoms with Crippen molar-refractivity contribution in [3.8, 4) is 0 Å². The summed E-state index contributed by atoms with van der Waals surface area (Å²) in [6.07, 6.45) is 0.140. The van der Waals surface area contributed by atoms with Crippen LogP contribution >= 0.6 is 0 Å². The van der Waals surface area contributed by atoms with E-state index >= 15 is 0 Å². The minimum absolute atomic E-state index is 0.140. The van der Waals surface area contributed by atoms with Gasteiger partial charge in [0.15, 0.2) is 0 Å². The lowest BCUT2D eigenvalue weighted by molar-refractivity contribution is -0.0511. The normalized spacial score (nSPS) is 26.4. The lowest BCUT2D eigenvalue weighted by Crippen LogP contribution is -2.49. The third-order valence-corrected chi connectivity index (χ3v) is 3.53. The molecule has 0 saturated carbocycles. The van der Waals surface area contributed by atoms with Crippen molar-refractivity contribution in [2.45, 2.75) is 32.0 Å². The molecule has 5 heteroatoms. The van der Waals surface area contributed by atoms with Crippen LogP contribution in [0.2, 0.25) is 0 Å². The van der Waals surface area contributed by atoms with Crippen molar-refractivity contribution in [3.63, 3.8) is 0 Å². The van der Waals surface area contributed by atoms with Gasteiger partial charge in [0.1, 0.15) is 11.6 Å². The van der Waals surface area contributed by atoms with E-state index in [-0.39, 0.29) is 17.7 Å². The van der Waals surface area contributed by atoms with E-state index in [1.165, 1.54) is 6.07 Å². The summed E-state index contributed by atoms with van der Waals surface area (Å²) in [5.41, 5.74) is 6.24. The van der Waals surface area contributed by atoms with Crippen LogP contribution < -0.4 is 5.73 Å². The quantitative estimate of drug-likeness (QED) is 0.914. The zero-order chi connectivity index (χ0) is 14.0. The Hall–Kier alpha value is -1.04. The molecule has 1 aromatic rings. The van der Waals surface area contributed by atoms with Gasteiger partial charge in [-0.2, -0.15) is 0 Å². The van der Waals surface area contributed by atoms with Crippen molar-refractivity contribution in [1.82, 2.24) is 4.90 Å². The summed E-state index contributed by atoms with van der Waals surface area (Å²) < 4.78 is 32.4. The highest BCUT2D eigenvalue weighted by Gasteiger charge is 2.26. The Labute approximate surface area is 112 Å². The molecule has 3 nitrogen and oxygen atoms in total. The average molecular weight is 270 g/mol. The zero-order valence-electron chi connectivity index (χ0n) is 11.3. The highest BCUT2D eigenvalue weighted by molar-refractivity contribution is 5.22. The molecule has 1 aliphatic rings. The van der Waals surface area contributed by atoms with Crippen molar-refractivity contribution in [3.05, 3.63) is 35.4 Å². The van der Waals surface area contributed by atoms with Gasteiger partial charge >= 0.3 is 0 Å². The van der Waals surface area contributed by atoms with Crippen molar-refractivity contribution < 1.29 is 13.5 Å². The first-order valence-corrected chi connectivity index (χ1v) is 6.53. The Kier molecular flexibility index (Phi) is 4.50. The summed E-state index contributed by atoms with van der Waals surface area (Å²) in [4.78, 5) is 2.16. The molecular formula is C14H20F2N2O. The van der Waals surface area contributed by atoms with Gasteiger partial charge in [0, 0.05) is 30.7 Å². The summed E-state index contributed by atoms with van der Waals surface area (Å²) >= 11 is 0. The highest BCUT2D eigenvalue weighted by atomic mass is 19.1. The van der Waals surface area contributed by atoms with Gasteiger partial charge in [-0.1, -0.05) is 0 Å². The predicted octanol–water partition coefficient (Wildman–Crippen LogP) is 2.07. The number of nitrogens with two attached hydrogens (primary N) is 1. The number of ether oxygens (including phenoxy) is 1. The molecule has 3 unspecified atom stereocenters. The van der Waals surface area contributed by atoms with E-state index in [1.807, 2.05) is 13.8 Å². The van der Waals surface area contributed by atoms with Crippen molar-refractivity contribution >= 4 is 0 Å². The largest absolute Gasteiger partial charge is 0.376 e. The minimum atomic E-state index is -0.538. The molecule has 2 N–H and O–H groups in total. The molecule has 0 spiro atoms. The third kappa shape index (κ3) is 3.49. The topological polar surface area (TPSA) is 38.5 Å². The van der Waals surface area contributed by atoms with Crippen molar-refractivity contribution in [2.75, 3.05) is 19.7 Å². The van der Waals surface area contributed by atoms with Gasteiger partial charge in [0.25, 0.3) is 0 Å². The Morgan fingerprint density at radius 2 is 2.16 bits per heavy atom. The summed E-state index contributed by atoms with van der Waals surface area (Å²) in [5.74, 6) is -0.918. The maximum atomic E-state index is 13.7. The smallest absolute Gasteiger partial charge is 0.128 e. The molecule has 106 valence electrons. The number of nitrogens with zero attached hydrogens (tertiary/aromatic N) is 1. The van der Waals surface area contributed by atoms with E-state index < -0.39 is 17.7 Å². The van der Waals surface area contributed by atoms with Gasteiger partial charge < -0.3 is 10.5 Å². The van der Waals surface area contributed by atoms with Crippen LogP contribution in [0.4, 0.5) is 8.78 Å². The number of morpholine rings is 1. The van der Waals surface area contributed by atoms with Gasteiger partial charge in [-0.15, -0.1) is 0 Å². The fraction of sp³-hybridized carbons (Fsp3) is 0.571. The molecule has 1 fully saturated rings. The van der Waals surface area contributed by atoms with Crippen LogP contribution in [0.1, 0.15) is 25.5 Å². The van der Waals surface area contributed by atoms with E-state index in [2.05, 4.69) is 4.90 Å². The standard InChI is InChI=1S/C14H20F2N2O/c1-9-8-19-10(2)6-18(9)7-14(17)12-5-11(15)3-4-13(12)16/h3-5,9-10,14H,6-8,17H2,1-2H3. The second-order valence-electron chi connectivity index (χ2n) is 5.22. The molecule has 1 heterocycles. The van der Waals surface area contributed by atoms with Crippen LogP contribution in [0.15, 0.2) is 18.2 Å². The highest BCUT2D eigenvalue weighted by Crippen LogP contribution is 2.20. The van der Waals surface area contributed by atoms with Gasteiger partial charge in [-0.25, -0.2) is 8.78 Å². The van der Waals surface area contributed by atoms with E-state index in [4.69, 9.17) is 10.5 Å². The Balaban J connectivity index is 2.07. The van der Waals surface area contributed by atoms with Gasteiger partial charge in [0.05, 0.1) is 12.7 Å². The SMILES string of the molecule is CC1CN(CC(N)c2cc(F)ccc2F)C(C)CO1. The molecule has 0 radical (unpaired) electrons. The molecule has 19 heavy (non-hydrogen) atoms. The van der Waals surface area contributed by atoms with Gasteiger partial charge in [-0.3, -0.25) is 4.90 Å². The second kappa shape index (κ2) is 5.94. The van der Waals surface area contributed by atoms with Crippen LogP contribution in [0.3, 0.4) is 0 Å². The predicted molar refractivity (Wildman–Crippen MR) is 69.7 cm³/mol. The lowest BCUT2D eigenvalue weighted by Gasteiger charge is -2.38. The fourth-order valence-corrected chi connectivity index (χ4v) is 2.38. The monoisotopic (exact) mass is 270 g/mol. The van der Waals surface area contributed by atoms with Crippen LogP contribution in [0.25, 0.3) is 0 Å². The average Bonchev–Trinajstić information content (AvgIpc) is 2.36. The van der Waals surface area contributed by atoms with Gasteiger partial charge in [-0.05, 0) is 32.0 Å². The lowest BCUT2D eigenvalue weighted by atomic mass is 10.0. The van der Waals surface area contributed by atoms with Crippen LogP contribution in [0, 0.1) is 11.6 Å². The van der Waals surface area contributed by atoms with E-state index in [9.17, 15) is 8.78 Å². The maximum absolute atomic E-state index is 13.7. The van der Waals surface area contributed by atoms with Crippen LogP contribution in [-0.2, 0) is 4.74 Å². The van der Waals surface area contributed by atoms with E-state index in [1.54, 1.807) is 0 Å². The van der Waals surface area contributed by atoms with Crippen LogP contribution in [-0.4, -0.2) is 36.7 Å². The number of rotatable bonds is 3. The number of hydrogen-bond acceptors (Lipinski definition) is 3. The van der Waals surface area contributed by atoms with E-state index in [0.29, 0.717) is 13.2 Å². The molecule has 0 bridgehead atoms. The first-order valence-electron chi connectivity index (χ1n) is 6.53. The first kappa shape index (κ1) is 14.4. The second-order valence-corrected chi connectivity index (χ2v) is 5.22. The van der Waals surface area contributed by atoms with Crippen molar-refractivity contribution in [1.29, 1.82) is 0 Å². The molecule has 0 amide bonds. The summed E-state index contributed by atoms with van der Waals surface area (Å²) in [5, 5.41) is 0. The number of benzene rings is 1. The fourth-order valence-electron chi connectivity index (χ4n) is 2.38. The zero-order valence-corrected chi connectivity index (χ0v) is 11.3.